The van der Waals surface area contributed by atoms with E-state index in [1.807, 2.05) is 36.4 Å². The van der Waals surface area contributed by atoms with E-state index < -0.39 is 0 Å². The molecule has 9 heteroatoms. The second-order valence-corrected chi connectivity index (χ2v) is 7.98. The fourth-order valence-electron chi connectivity index (χ4n) is 3.96. The molecule has 4 aromatic rings. The molecule has 5 rings (SSSR count). The lowest BCUT2D eigenvalue weighted by atomic mass is 10.1. The molecule has 2 aromatic heterocycles. The van der Waals surface area contributed by atoms with Gasteiger partial charge in [0.15, 0.2) is 11.5 Å². The number of carbonyl (C=O) groups is 1. The van der Waals surface area contributed by atoms with Crippen LogP contribution in [0.1, 0.15) is 0 Å². The zero-order chi connectivity index (χ0) is 24.4. The molecule has 1 aliphatic heterocycles. The number of likely N-dealkylation sites (tertiary alicyclic amines) is 1. The summed E-state index contributed by atoms with van der Waals surface area (Å²) in [6.07, 6.45) is 5.97. The number of amides is 1. The highest BCUT2D eigenvalue weighted by molar-refractivity contribution is 5.94. The molecule has 1 saturated heterocycles. The summed E-state index contributed by atoms with van der Waals surface area (Å²) in [5, 5.41) is 4.12. The predicted octanol–water partition coefficient (Wildman–Crippen LogP) is 4.43. The number of furan rings is 1. The maximum Gasteiger partial charge on any atom is 0.246 e. The van der Waals surface area contributed by atoms with Gasteiger partial charge in [-0.3, -0.25) is 4.79 Å². The summed E-state index contributed by atoms with van der Waals surface area (Å²) in [6, 6.07) is 11.4. The van der Waals surface area contributed by atoms with E-state index in [4.69, 9.17) is 18.6 Å². The Morgan fingerprint density at radius 2 is 1.91 bits per heavy atom. The van der Waals surface area contributed by atoms with E-state index in [1.54, 1.807) is 31.6 Å². The largest absolute Gasteiger partial charge is 0.495 e. The van der Waals surface area contributed by atoms with E-state index >= 15 is 0 Å². The molecule has 1 aliphatic rings. The molecule has 0 atom stereocenters. The second kappa shape index (κ2) is 9.38. The molecule has 1 N–H and O–H groups in total. The third-order valence-corrected chi connectivity index (χ3v) is 5.86. The first-order valence-electron chi connectivity index (χ1n) is 11.0. The van der Waals surface area contributed by atoms with Crippen molar-refractivity contribution in [1.82, 2.24) is 14.9 Å². The van der Waals surface area contributed by atoms with Gasteiger partial charge < -0.3 is 28.8 Å². The zero-order valence-electron chi connectivity index (χ0n) is 19.4. The number of hydrogen-bond donors (Lipinski definition) is 1. The van der Waals surface area contributed by atoms with E-state index in [9.17, 15) is 4.79 Å². The SMILES string of the molecule is C=CC(=O)N1CC(Oc2cc3c(Nc4cc(-c5ccoc5)ccc4OC)ncnc3cc2OC)C1. The first-order chi connectivity index (χ1) is 17.1. The fraction of sp³-hybridized carbons (Fsp3) is 0.192. The van der Waals surface area contributed by atoms with E-state index in [-0.39, 0.29) is 12.0 Å². The van der Waals surface area contributed by atoms with Crippen LogP contribution in [0.25, 0.3) is 22.0 Å². The zero-order valence-corrected chi connectivity index (χ0v) is 19.4. The number of rotatable bonds is 8. The minimum absolute atomic E-state index is 0.109. The Hall–Kier alpha value is -4.53. The molecule has 0 unspecified atom stereocenters. The minimum atomic E-state index is -0.141. The summed E-state index contributed by atoms with van der Waals surface area (Å²) in [5.74, 6) is 2.24. The first-order valence-corrected chi connectivity index (χ1v) is 11.0. The average molecular weight is 473 g/mol. The van der Waals surface area contributed by atoms with Crippen molar-refractivity contribution in [3.05, 3.63) is 67.9 Å². The number of benzene rings is 2. The monoisotopic (exact) mass is 472 g/mol. The Labute approximate surface area is 201 Å². The van der Waals surface area contributed by atoms with Gasteiger partial charge >= 0.3 is 0 Å². The van der Waals surface area contributed by atoms with Crippen molar-refractivity contribution in [2.75, 3.05) is 32.6 Å². The fourth-order valence-corrected chi connectivity index (χ4v) is 3.96. The molecule has 1 amide bonds. The van der Waals surface area contributed by atoms with Gasteiger partial charge in [-0.15, -0.1) is 0 Å². The van der Waals surface area contributed by atoms with Crippen LogP contribution in [0, 0.1) is 0 Å². The van der Waals surface area contributed by atoms with Crippen LogP contribution in [0.4, 0.5) is 11.5 Å². The molecule has 2 aromatic carbocycles. The lowest BCUT2D eigenvalue weighted by molar-refractivity contribution is -0.134. The van der Waals surface area contributed by atoms with Crippen LogP contribution in [0.3, 0.4) is 0 Å². The highest BCUT2D eigenvalue weighted by Gasteiger charge is 2.31. The van der Waals surface area contributed by atoms with Gasteiger partial charge in [0.1, 0.15) is 24.0 Å². The highest BCUT2D eigenvalue weighted by atomic mass is 16.5. The van der Waals surface area contributed by atoms with Crippen LogP contribution in [0.2, 0.25) is 0 Å². The van der Waals surface area contributed by atoms with Crippen LogP contribution in [0.5, 0.6) is 17.2 Å². The maximum atomic E-state index is 11.7. The number of carbonyl (C=O) groups excluding carboxylic acids is 1. The topological polar surface area (TPSA) is 99.0 Å². The van der Waals surface area contributed by atoms with Crippen LogP contribution in [-0.2, 0) is 4.79 Å². The number of fused-ring (bicyclic) bond motifs is 1. The van der Waals surface area contributed by atoms with Crippen LogP contribution in [-0.4, -0.2) is 54.2 Å². The van der Waals surface area contributed by atoms with Crippen molar-refractivity contribution in [1.29, 1.82) is 0 Å². The van der Waals surface area contributed by atoms with Crippen molar-refractivity contribution in [3.63, 3.8) is 0 Å². The highest BCUT2D eigenvalue weighted by Crippen LogP contribution is 2.38. The molecule has 9 nitrogen and oxygen atoms in total. The third-order valence-electron chi connectivity index (χ3n) is 5.86. The smallest absolute Gasteiger partial charge is 0.246 e. The second-order valence-electron chi connectivity index (χ2n) is 7.98. The van der Waals surface area contributed by atoms with Gasteiger partial charge in [0.2, 0.25) is 5.91 Å². The van der Waals surface area contributed by atoms with Crippen molar-refractivity contribution in [3.8, 4) is 28.4 Å². The molecule has 0 bridgehead atoms. The van der Waals surface area contributed by atoms with Gasteiger partial charge in [0.25, 0.3) is 0 Å². The Kier molecular flexibility index (Phi) is 5.97. The molecular formula is C26H24N4O5. The molecular weight excluding hydrogens is 448 g/mol. The Balaban J connectivity index is 1.47. The van der Waals surface area contributed by atoms with Gasteiger partial charge in [0, 0.05) is 17.0 Å². The number of nitrogens with zero attached hydrogens (tertiary/aromatic N) is 3. The van der Waals surface area contributed by atoms with Crippen molar-refractivity contribution >= 4 is 28.3 Å². The quantitative estimate of drug-likeness (QED) is 0.376. The van der Waals surface area contributed by atoms with E-state index in [1.165, 1.54) is 12.4 Å². The van der Waals surface area contributed by atoms with Gasteiger partial charge in [-0.2, -0.15) is 0 Å². The number of anilines is 2. The summed E-state index contributed by atoms with van der Waals surface area (Å²) < 4.78 is 22.5. The lowest BCUT2D eigenvalue weighted by Gasteiger charge is -2.38. The summed E-state index contributed by atoms with van der Waals surface area (Å²) in [4.78, 5) is 22.3. The summed E-state index contributed by atoms with van der Waals surface area (Å²) >= 11 is 0. The minimum Gasteiger partial charge on any atom is -0.495 e. The number of ether oxygens (including phenoxy) is 3. The predicted molar refractivity (Wildman–Crippen MR) is 131 cm³/mol. The normalized spacial score (nSPS) is 13.3. The van der Waals surface area contributed by atoms with Crippen LogP contribution >= 0.6 is 0 Å². The lowest BCUT2D eigenvalue weighted by Crippen LogP contribution is -2.55. The van der Waals surface area contributed by atoms with Crippen molar-refractivity contribution < 1.29 is 23.4 Å². The molecule has 0 aliphatic carbocycles. The summed E-state index contributed by atoms with van der Waals surface area (Å²) in [5.41, 5.74) is 3.35. The van der Waals surface area contributed by atoms with Gasteiger partial charge in [-0.05, 0) is 35.9 Å². The Morgan fingerprint density at radius 1 is 1.09 bits per heavy atom. The number of nitrogens with one attached hydrogen (secondary N) is 1. The van der Waals surface area contributed by atoms with E-state index in [2.05, 4.69) is 21.9 Å². The molecule has 35 heavy (non-hydrogen) atoms. The first kappa shape index (κ1) is 22.3. The third kappa shape index (κ3) is 4.35. The Bertz CT molecular complexity index is 1380. The van der Waals surface area contributed by atoms with Crippen LogP contribution < -0.4 is 19.5 Å². The van der Waals surface area contributed by atoms with E-state index in [0.29, 0.717) is 41.7 Å². The molecule has 0 spiro atoms. The summed E-state index contributed by atoms with van der Waals surface area (Å²) in [7, 11) is 3.20. The van der Waals surface area contributed by atoms with Crippen molar-refractivity contribution in [2.24, 2.45) is 0 Å². The standard InChI is InChI=1S/C26H24N4O5/c1-4-25(31)30-12-18(13-30)35-24-10-19-20(11-23(24)33-3)27-15-28-26(19)29-21-9-16(5-6-22(21)32-2)17-7-8-34-14-17/h4-11,14-15,18H,1,12-13H2,2-3H3,(H,27,28,29). The molecule has 0 saturated carbocycles. The van der Waals surface area contributed by atoms with Gasteiger partial charge in [-0.1, -0.05) is 12.6 Å². The van der Waals surface area contributed by atoms with Crippen molar-refractivity contribution in [2.45, 2.75) is 6.10 Å². The Morgan fingerprint density at radius 3 is 2.63 bits per heavy atom. The molecule has 3 heterocycles. The molecule has 1 fully saturated rings. The van der Waals surface area contributed by atoms with Crippen LogP contribution in [0.15, 0.2) is 72.3 Å². The number of aromatic nitrogens is 2. The number of methoxy groups -OCH3 is 2. The van der Waals surface area contributed by atoms with E-state index in [0.717, 1.165) is 22.2 Å². The average Bonchev–Trinajstić information content (AvgIpc) is 3.40. The van der Waals surface area contributed by atoms with Gasteiger partial charge in [-0.25, -0.2) is 9.97 Å². The molecule has 178 valence electrons. The maximum absolute atomic E-state index is 11.7. The molecule has 0 radical (unpaired) electrons. The number of hydrogen-bond acceptors (Lipinski definition) is 8. The van der Waals surface area contributed by atoms with Gasteiger partial charge in [0.05, 0.1) is 51.0 Å². The summed E-state index contributed by atoms with van der Waals surface area (Å²) in [6.45, 7) is 4.50.